The average molecular weight is 285 g/mol. The fourth-order valence-corrected chi connectivity index (χ4v) is 2.96. The van der Waals surface area contributed by atoms with E-state index in [1.165, 1.54) is 12.8 Å². The lowest BCUT2D eigenvalue weighted by molar-refractivity contribution is 0.0899. The molecule has 1 aliphatic rings. The van der Waals surface area contributed by atoms with Crippen LogP contribution in [0.5, 0.6) is 0 Å². The van der Waals surface area contributed by atoms with E-state index in [1.54, 1.807) is 18.5 Å². The van der Waals surface area contributed by atoms with Crippen molar-refractivity contribution in [1.82, 2.24) is 10.3 Å². The number of nitrogens with zero attached hydrogens (tertiary/aromatic N) is 1. The number of nitrogens with one attached hydrogen (secondary N) is 1. The molecule has 1 heterocycles. The number of amides is 1. The Morgan fingerprint density at radius 1 is 1.48 bits per heavy atom. The molecule has 1 fully saturated rings. The summed E-state index contributed by atoms with van der Waals surface area (Å²) in [6.07, 6.45) is 6.62. The Morgan fingerprint density at radius 2 is 2.29 bits per heavy atom. The molecule has 4 heteroatoms. The molecule has 1 aromatic rings. The van der Waals surface area contributed by atoms with Crippen LogP contribution in [0.25, 0.3) is 0 Å². The van der Waals surface area contributed by atoms with Gasteiger partial charge >= 0.3 is 0 Å². The number of carbonyl (C=O) groups is 1. The minimum absolute atomic E-state index is 0.0647. The van der Waals surface area contributed by atoms with Gasteiger partial charge in [0.15, 0.2) is 0 Å². The number of nitrogens with two attached hydrogens (primary N) is 1. The van der Waals surface area contributed by atoms with Gasteiger partial charge in [0.1, 0.15) is 0 Å². The molecule has 1 aromatic heterocycles. The number of hydrogen-bond acceptors (Lipinski definition) is 3. The fourth-order valence-electron chi connectivity index (χ4n) is 2.96. The molecule has 3 atom stereocenters. The minimum Gasteiger partial charge on any atom is -0.349 e. The monoisotopic (exact) mass is 285 g/mol. The molecule has 0 saturated heterocycles. The Labute approximate surface area is 126 Å². The predicted molar refractivity (Wildman–Crippen MR) is 83.6 cm³/mol. The summed E-state index contributed by atoms with van der Waals surface area (Å²) in [6.45, 7) is 4.76. The van der Waals surface area contributed by atoms with Crippen LogP contribution in [0.4, 0.5) is 0 Å². The molecule has 0 spiro atoms. The fraction of sp³-hybridized carbons (Fsp3) is 0.529. The first-order valence-corrected chi connectivity index (χ1v) is 7.55. The number of hydrogen-bond donors (Lipinski definition) is 2. The van der Waals surface area contributed by atoms with E-state index in [0.29, 0.717) is 17.0 Å². The first kappa shape index (κ1) is 15.5. The summed E-state index contributed by atoms with van der Waals surface area (Å²) in [5.74, 6) is 6.88. The summed E-state index contributed by atoms with van der Waals surface area (Å²) in [5, 5.41) is 3.16. The number of rotatable bonds is 2. The first-order valence-electron chi connectivity index (χ1n) is 7.55. The zero-order chi connectivity index (χ0) is 15.2. The van der Waals surface area contributed by atoms with Crippen molar-refractivity contribution in [3.63, 3.8) is 0 Å². The van der Waals surface area contributed by atoms with Gasteiger partial charge in [-0.3, -0.25) is 9.78 Å². The highest BCUT2D eigenvalue weighted by Gasteiger charge is 2.27. The molecule has 21 heavy (non-hydrogen) atoms. The lowest BCUT2D eigenvalue weighted by Crippen LogP contribution is -2.42. The third-order valence-corrected chi connectivity index (χ3v) is 4.14. The maximum Gasteiger partial charge on any atom is 0.252 e. The van der Waals surface area contributed by atoms with Crippen molar-refractivity contribution in [3.8, 4) is 11.8 Å². The van der Waals surface area contributed by atoms with Gasteiger partial charge in [-0.15, -0.1) is 0 Å². The maximum atomic E-state index is 12.5. The van der Waals surface area contributed by atoms with Crippen molar-refractivity contribution in [3.05, 3.63) is 29.6 Å². The molecular weight excluding hydrogens is 262 g/mol. The van der Waals surface area contributed by atoms with Crippen molar-refractivity contribution in [2.45, 2.75) is 39.2 Å². The van der Waals surface area contributed by atoms with Gasteiger partial charge < -0.3 is 11.1 Å². The van der Waals surface area contributed by atoms with E-state index in [9.17, 15) is 4.79 Å². The van der Waals surface area contributed by atoms with Crippen LogP contribution in [0.2, 0.25) is 0 Å². The molecule has 0 aromatic carbocycles. The molecule has 112 valence electrons. The molecular formula is C17H23N3O. The van der Waals surface area contributed by atoms with Crippen molar-refractivity contribution in [2.24, 2.45) is 17.6 Å². The molecule has 0 aliphatic heterocycles. The summed E-state index contributed by atoms with van der Waals surface area (Å²) in [4.78, 5) is 16.5. The third kappa shape index (κ3) is 4.05. The Kier molecular flexibility index (Phi) is 5.35. The number of aromatic nitrogens is 1. The van der Waals surface area contributed by atoms with E-state index < -0.39 is 0 Å². The zero-order valence-corrected chi connectivity index (χ0v) is 12.7. The van der Waals surface area contributed by atoms with Gasteiger partial charge in [0.25, 0.3) is 5.91 Å². The lowest BCUT2D eigenvalue weighted by Gasteiger charge is -2.33. The van der Waals surface area contributed by atoms with Crippen LogP contribution in [0.1, 0.15) is 49.0 Å². The molecule has 4 nitrogen and oxygen atoms in total. The number of pyridine rings is 1. The van der Waals surface area contributed by atoms with Crippen molar-refractivity contribution >= 4 is 5.91 Å². The number of carbonyl (C=O) groups excluding carboxylic acids is 1. The normalized spacial score (nSPS) is 24.8. The van der Waals surface area contributed by atoms with E-state index in [2.05, 4.69) is 36.0 Å². The smallest absolute Gasteiger partial charge is 0.252 e. The quantitative estimate of drug-likeness (QED) is 0.816. The van der Waals surface area contributed by atoms with Crippen molar-refractivity contribution < 1.29 is 4.79 Å². The van der Waals surface area contributed by atoms with Gasteiger partial charge in [-0.05, 0) is 37.2 Å². The highest BCUT2D eigenvalue weighted by atomic mass is 16.1. The summed E-state index contributed by atoms with van der Waals surface area (Å²) >= 11 is 0. The Hall–Kier alpha value is -1.86. The van der Waals surface area contributed by atoms with Crippen molar-refractivity contribution in [1.29, 1.82) is 0 Å². The van der Waals surface area contributed by atoms with E-state index >= 15 is 0 Å². The van der Waals surface area contributed by atoms with E-state index in [4.69, 9.17) is 5.73 Å². The van der Waals surface area contributed by atoms with Crippen LogP contribution in [-0.2, 0) is 0 Å². The van der Waals surface area contributed by atoms with Crippen molar-refractivity contribution in [2.75, 3.05) is 6.54 Å². The van der Waals surface area contributed by atoms with E-state index in [0.717, 1.165) is 12.3 Å². The van der Waals surface area contributed by atoms with Crippen LogP contribution in [0, 0.1) is 23.7 Å². The molecule has 3 N–H and O–H groups in total. The van der Waals surface area contributed by atoms with Crippen LogP contribution < -0.4 is 11.1 Å². The van der Waals surface area contributed by atoms with Gasteiger partial charge in [-0.1, -0.05) is 25.7 Å². The van der Waals surface area contributed by atoms with Gasteiger partial charge in [0.2, 0.25) is 0 Å². The van der Waals surface area contributed by atoms with Gasteiger partial charge in [0.05, 0.1) is 17.7 Å². The minimum atomic E-state index is -0.0647. The van der Waals surface area contributed by atoms with E-state index in [1.807, 2.05) is 0 Å². The Balaban J connectivity index is 2.10. The highest BCUT2D eigenvalue weighted by Crippen LogP contribution is 2.28. The molecule has 3 unspecified atom stereocenters. The zero-order valence-electron chi connectivity index (χ0n) is 12.7. The SMILES string of the molecule is CC1CCC(NC(=O)c2ccncc2C#CCN)C(C)C1. The van der Waals surface area contributed by atoms with E-state index in [-0.39, 0.29) is 18.5 Å². The first-order chi connectivity index (χ1) is 10.1. The molecule has 1 aliphatic carbocycles. The highest BCUT2D eigenvalue weighted by molar-refractivity contribution is 5.96. The summed E-state index contributed by atoms with van der Waals surface area (Å²) in [5.41, 5.74) is 6.61. The van der Waals surface area contributed by atoms with Crippen LogP contribution in [0.15, 0.2) is 18.5 Å². The predicted octanol–water partition coefficient (Wildman–Crippen LogP) is 1.95. The maximum absolute atomic E-state index is 12.5. The Bertz CT molecular complexity index is 559. The second-order valence-corrected chi connectivity index (χ2v) is 5.90. The second kappa shape index (κ2) is 7.24. The van der Waals surface area contributed by atoms with Crippen LogP contribution in [-0.4, -0.2) is 23.5 Å². The Morgan fingerprint density at radius 3 is 3.00 bits per heavy atom. The summed E-state index contributed by atoms with van der Waals surface area (Å²) in [7, 11) is 0. The lowest BCUT2D eigenvalue weighted by atomic mass is 9.80. The summed E-state index contributed by atoms with van der Waals surface area (Å²) in [6, 6.07) is 1.96. The molecule has 0 bridgehead atoms. The largest absolute Gasteiger partial charge is 0.349 e. The third-order valence-electron chi connectivity index (χ3n) is 4.14. The molecule has 0 radical (unpaired) electrons. The van der Waals surface area contributed by atoms with Crippen LogP contribution in [0.3, 0.4) is 0 Å². The molecule has 1 saturated carbocycles. The topological polar surface area (TPSA) is 68.0 Å². The van der Waals surface area contributed by atoms with Crippen LogP contribution >= 0.6 is 0 Å². The average Bonchev–Trinajstić information content (AvgIpc) is 2.48. The van der Waals surface area contributed by atoms with Gasteiger partial charge in [-0.25, -0.2) is 0 Å². The standard InChI is InChI=1S/C17H23N3O/c1-12-5-6-16(13(2)10-12)20-17(21)15-7-9-19-11-14(15)4-3-8-18/h7,9,11-13,16H,5-6,8,10,18H2,1-2H3,(H,20,21). The molecule has 1 amide bonds. The molecule has 2 rings (SSSR count). The van der Waals surface area contributed by atoms with Gasteiger partial charge in [0, 0.05) is 18.4 Å². The summed E-state index contributed by atoms with van der Waals surface area (Å²) < 4.78 is 0. The second-order valence-electron chi connectivity index (χ2n) is 5.90. The van der Waals surface area contributed by atoms with Gasteiger partial charge in [-0.2, -0.15) is 0 Å².